The van der Waals surface area contributed by atoms with Crippen LogP contribution in [0, 0.1) is 0 Å². The lowest BCUT2D eigenvalue weighted by atomic mass is 9.79. The maximum absolute atomic E-state index is 5.26. The lowest BCUT2D eigenvalue weighted by molar-refractivity contribution is 0.421. The molecule has 8 rings (SSSR count). The maximum Gasteiger partial charge on any atom is 0.180 e. The number of fused-ring (bicyclic) bond motifs is 5. The molecule has 5 aromatic rings. The molecule has 35 heavy (non-hydrogen) atoms. The second-order valence-electron chi connectivity index (χ2n) is 10.3. The molecule has 7 nitrogen and oxygen atoms in total. The minimum Gasteiger partial charge on any atom is -0.351 e. The number of hydrogen-bond donors (Lipinski definition) is 2. The van der Waals surface area contributed by atoms with E-state index in [1.54, 1.807) is 0 Å². The van der Waals surface area contributed by atoms with E-state index in [9.17, 15) is 0 Å². The van der Waals surface area contributed by atoms with Gasteiger partial charge in [-0.2, -0.15) is 0 Å². The van der Waals surface area contributed by atoms with Crippen LogP contribution >= 0.6 is 0 Å². The predicted molar refractivity (Wildman–Crippen MR) is 139 cm³/mol. The molecule has 2 unspecified atom stereocenters. The topological polar surface area (TPSA) is 82.6 Å². The summed E-state index contributed by atoms with van der Waals surface area (Å²) in [6, 6.07) is 13.6. The molecular formula is C28H27N7. The second kappa shape index (κ2) is 7.46. The summed E-state index contributed by atoms with van der Waals surface area (Å²) in [7, 11) is 0. The van der Waals surface area contributed by atoms with Crippen molar-refractivity contribution >= 4 is 38.7 Å². The number of nitrogens with zero attached hydrogens (tertiary/aromatic N) is 5. The number of nitrogens with one attached hydrogen (secondary N) is 2. The number of aromatic amines is 1. The highest BCUT2D eigenvalue weighted by Crippen LogP contribution is 2.43. The Balaban J connectivity index is 1.33. The number of hydrogen-bond acceptors (Lipinski definition) is 6. The third-order valence-electron chi connectivity index (χ3n) is 8.42. The Labute approximate surface area is 203 Å². The Kier molecular flexibility index (Phi) is 4.20. The standard InChI is InChI=1S/C28H27N7/c1-2-7-20-17(6-1)18-8-9-22(32-26(18)31-20)27-33-23-15-29-14-19(16-4-3-5-16)25(23)28(34-27)35-13-11-21-24(35)10-12-30-21/h1-2,6-9,14-16,21,24,30H,3-5,10-13H2,(H,31,32). The molecule has 3 aliphatic rings. The number of para-hydroxylation sites is 1. The molecule has 6 heterocycles. The van der Waals surface area contributed by atoms with Gasteiger partial charge in [0.2, 0.25) is 0 Å². The Morgan fingerprint density at radius 2 is 1.83 bits per heavy atom. The van der Waals surface area contributed by atoms with E-state index in [4.69, 9.17) is 15.0 Å². The van der Waals surface area contributed by atoms with Gasteiger partial charge in [0, 0.05) is 46.5 Å². The summed E-state index contributed by atoms with van der Waals surface area (Å²) in [5.41, 5.74) is 5.02. The van der Waals surface area contributed by atoms with Gasteiger partial charge in [0.15, 0.2) is 5.82 Å². The largest absolute Gasteiger partial charge is 0.351 e. The maximum atomic E-state index is 5.26. The summed E-state index contributed by atoms with van der Waals surface area (Å²) in [5, 5.41) is 7.20. The number of H-pyrrole nitrogens is 1. The number of benzene rings is 1. The van der Waals surface area contributed by atoms with E-state index in [0.717, 1.165) is 59.5 Å². The minimum atomic E-state index is 0.493. The van der Waals surface area contributed by atoms with Crippen molar-refractivity contribution in [1.82, 2.24) is 30.2 Å². The van der Waals surface area contributed by atoms with Crippen LogP contribution in [0.5, 0.6) is 0 Å². The zero-order valence-corrected chi connectivity index (χ0v) is 19.5. The van der Waals surface area contributed by atoms with Crippen LogP contribution in [0.1, 0.15) is 43.6 Å². The molecule has 0 spiro atoms. The lowest BCUT2D eigenvalue weighted by Gasteiger charge is -2.30. The van der Waals surface area contributed by atoms with Crippen LogP contribution in [0.2, 0.25) is 0 Å². The van der Waals surface area contributed by atoms with Crippen molar-refractivity contribution < 1.29 is 0 Å². The number of rotatable bonds is 3. The van der Waals surface area contributed by atoms with Crippen molar-refractivity contribution in [1.29, 1.82) is 0 Å². The lowest BCUT2D eigenvalue weighted by Crippen LogP contribution is -2.35. The van der Waals surface area contributed by atoms with E-state index in [0.29, 0.717) is 23.8 Å². The normalized spacial score (nSPS) is 22.3. The SMILES string of the molecule is c1ccc2c(c1)[nH]c1nc(-c3nc(N4CCC5NCCC54)c4c(C5CCC5)cncc4n3)ccc12. The summed E-state index contributed by atoms with van der Waals surface area (Å²) in [4.78, 5) is 25.9. The first kappa shape index (κ1) is 19.7. The first-order chi connectivity index (χ1) is 17.3. The molecule has 7 heteroatoms. The van der Waals surface area contributed by atoms with Gasteiger partial charge in [0.25, 0.3) is 0 Å². The summed E-state index contributed by atoms with van der Waals surface area (Å²) in [6.07, 6.45) is 10.1. The summed E-state index contributed by atoms with van der Waals surface area (Å²) in [6.45, 7) is 2.10. The first-order valence-corrected chi connectivity index (χ1v) is 12.9. The van der Waals surface area contributed by atoms with E-state index in [-0.39, 0.29) is 0 Å². The van der Waals surface area contributed by atoms with Gasteiger partial charge in [0.1, 0.15) is 17.2 Å². The Bertz CT molecular complexity index is 1600. The minimum absolute atomic E-state index is 0.493. The molecule has 174 valence electrons. The van der Waals surface area contributed by atoms with Gasteiger partial charge in [-0.15, -0.1) is 0 Å². The fourth-order valence-electron chi connectivity index (χ4n) is 6.42. The van der Waals surface area contributed by atoms with Crippen molar-refractivity contribution in [2.24, 2.45) is 0 Å². The molecule has 0 amide bonds. The van der Waals surface area contributed by atoms with Crippen molar-refractivity contribution in [2.45, 2.75) is 50.1 Å². The van der Waals surface area contributed by atoms with E-state index in [1.807, 2.05) is 12.3 Å². The number of anilines is 1. The number of pyridine rings is 2. The van der Waals surface area contributed by atoms with Crippen LogP contribution in [-0.4, -0.2) is 50.1 Å². The summed E-state index contributed by atoms with van der Waals surface area (Å²) < 4.78 is 0. The highest BCUT2D eigenvalue weighted by molar-refractivity contribution is 6.06. The molecule has 1 aromatic carbocycles. The molecule has 2 atom stereocenters. The quantitative estimate of drug-likeness (QED) is 0.396. The summed E-state index contributed by atoms with van der Waals surface area (Å²) >= 11 is 0. The molecule has 4 aromatic heterocycles. The van der Waals surface area contributed by atoms with Crippen LogP contribution in [0.4, 0.5) is 5.82 Å². The second-order valence-corrected chi connectivity index (χ2v) is 10.3. The first-order valence-electron chi connectivity index (χ1n) is 12.9. The molecule has 0 bridgehead atoms. The fraction of sp³-hybridized carbons (Fsp3) is 0.357. The average Bonchev–Trinajstić information content (AvgIpc) is 3.56. The highest BCUT2D eigenvalue weighted by Gasteiger charge is 2.39. The Hall–Kier alpha value is -3.58. The van der Waals surface area contributed by atoms with Crippen LogP contribution in [0.25, 0.3) is 44.4 Å². The molecule has 2 N–H and O–H groups in total. The van der Waals surface area contributed by atoms with Gasteiger partial charge >= 0.3 is 0 Å². The van der Waals surface area contributed by atoms with Gasteiger partial charge in [-0.1, -0.05) is 24.6 Å². The Morgan fingerprint density at radius 1 is 0.886 bits per heavy atom. The molecule has 1 aliphatic carbocycles. The van der Waals surface area contributed by atoms with Crippen LogP contribution < -0.4 is 10.2 Å². The van der Waals surface area contributed by atoms with E-state index in [1.165, 1.54) is 35.6 Å². The fourth-order valence-corrected chi connectivity index (χ4v) is 6.42. The van der Waals surface area contributed by atoms with Gasteiger partial charge in [-0.05, 0) is 61.9 Å². The zero-order valence-electron chi connectivity index (χ0n) is 19.5. The molecule has 2 saturated heterocycles. The van der Waals surface area contributed by atoms with E-state index < -0.39 is 0 Å². The van der Waals surface area contributed by atoms with Gasteiger partial charge < -0.3 is 15.2 Å². The van der Waals surface area contributed by atoms with E-state index in [2.05, 4.69) is 56.7 Å². The van der Waals surface area contributed by atoms with Crippen molar-refractivity contribution in [3.05, 3.63) is 54.4 Å². The third-order valence-corrected chi connectivity index (χ3v) is 8.42. The monoisotopic (exact) mass is 461 g/mol. The van der Waals surface area contributed by atoms with Crippen molar-refractivity contribution in [3.63, 3.8) is 0 Å². The van der Waals surface area contributed by atoms with Gasteiger partial charge in [-0.3, -0.25) is 4.98 Å². The smallest absolute Gasteiger partial charge is 0.180 e. The van der Waals surface area contributed by atoms with E-state index >= 15 is 0 Å². The third kappa shape index (κ3) is 2.94. The molecule has 2 aliphatic heterocycles. The van der Waals surface area contributed by atoms with Gasteiger partial charge in [0.05, 0.1) is 11.7 Å². The highest BCUT2D eigenvalue weighted by atomic mass is 15.3. The summed E-state index contributed by atoms with van der Waals surface area (Å²) in [5.74, 6) is 2.32. The van der Waals surface area contributed by atoms with Crippen molar-refractivity contribution in [3.8, 4) is 11.5 Å². The van der Waals surface area contributed by atoms with Crippen LogP contribution in [0.3, 0.4) is 0 Å². The molecular weight excluding hydrogens is 434 g/mol. The van der Waals surface area contributed by atoms with Gasteiger partial charge in [-0.25, -0.2) is 15.0 Å². The van der Waals surface area contributed by atoms with Crippen molar-refractivity contribution in [2.75, 3.05) is 18.0 Å². The van der Waals surface area contributed by atoms with Crippen LogP contribution in [0.15, 0.2) is 48.8 Å². The Morgan fingerprint density at radius 3 is 2.74 bits per heavy atom. The average molecular weight is 462 g/mol. The molecule has 1 saturated carbocycles. The predicted octanol–water partition coefficient (Wildman–Crippen LogP) is 4.93. The number of aromatic nitrogens is 5. The molecule has 3 fully saturated rings. The molecule has 0 radical (unpaired) electrons. The van der Waals surface area contributed by atoms with Crippen LogP contribution in [-0.2, 0) is 0 Å². The zero-order chi connectivity index (χ0) is 22.9.